The Morgan fingerprint density at radius 2 is 2.12 bits per heavy atom. The van der Waals surface area contributed by atoms with Crippen LogP contribution in [-0.2, 0) is 17.6 Å². The standard InChI is InChI=1S/C18H25N5O3/c1-11(9-25-4)20-17-14-5-7-23(8-6-15(14)21-13(3)22-17)18(24)16-12(2)26-10-19-16/h10-11H,5-9H2,1-4H3,(H,20,21,22)/t11-/m1/s1. The average molecular weight is 359 g/mol. The Bertz CT molecular complexity index is 789. The highest BCUT2D eigenvalue weighted by molar-refractivity contribution is 5.93. The van der Waals surface area contributed by atoms with Crippen LogP contribution in [0.1, 0.15) is 40.3 Å². The number of anilines is 1. The van der Waals surface area contributed by atoms with Gasteiger partial charge in [-0.3, -0.25) is 4.79 Å². The zero-order valence-electron chi connectivity index (χ0n) is 15.7. The first-order valence-corrected chi connectivity index (χ1v) is 8.80. The second kappa shape index (κ2) is 7.82. The highest BCUT2D eigenvalue weighted by atomic mass is 16.5. The van der Waals surface area contributed by atoms with Gasteiger partial charge in [-0.2, -0.15) is 0 Å². The maximum atomic E-state index is 12.7. The quantitative estimate of drug-likeness (QED) is 0.869. The molecule has 0 unspecified atom stereocenters. The molecular formula is C18H25N5O3. The number of aromatic nitrogens is 3. The largest absolute Gasteiger partial charge is 0.448 e. The van der Waals surface area contributed by atoms with E-state index in [1.54, 1.807) is 14.0 Å². The predicted molar refractivity (Wildman–Crippen MR) is 96.3 cm³/mol. The number of rotatable bonds is 5. The number of fused-ring (bicyclic) bond motifs is 1. The predicted octanol–water partition coefficient (Wildman–Crippen LogP) is 1.77. The zero-order chi connectivity index (χ0) is 18.7. The molecule has 8 heteroatoms. The van der Waals surface area contributed by atoms with Gasteiger partial charge in [-0.05, 0) is 27.2 Å². The molecule has 0 radical (unpaired) electrons. The van der Waals surface area contributed by atoms with E-state index in [4.69, 9.17) is 9.15 Å². The second-order valence-electron chi connectivity index (χ2n) is 6.59. The number of carbonyl (C=O) groups excluding carboxylic acids is 1. The van der Waals surface area contributed by atoms with Gasteiger partial charge < -0.3 is 19.4 Å². The molecule has 1 aliphatic heterocycles. The molecule has 26 heavy (non-hydrogen) atoms. The summed E-state index contributed by atoms with van der Waals surface area (Å²) in [5.41, 5.74) is 2.45. The first kappa shape index (κ1) is 18.3. The third-order valence-corrected chi connectivity index (χ3v) is 4.49. The summed E-state index contributed by atoms with van der Waals surface area (Å²) in [6.45, 7) is 7.47. The Morgan fingerprint density at radius 1 is 1.35 bits per heavy atom. The van der Waals surface area contributed by atoms with Crippen LogP contribution in [0, 0.1) is 13.8 Å². The Morgan fingerprint density at radius 3 is 2.81 bits per heavy atom. The fourth-order valence-electron chi connectivity index (χ4n) is 3.23. The van der Waals surface area contributed by atoms with Crippen molar-refractivity contribution in [3.63, 3.8) is 0 Å². The lowest BCUT2D eigenvalue weighted by molar-refractivity contribution is 0.0756. The summed E-state index contributed by atoms with van der Waals surface area (Å²) in [6, 6.07) is 0.136. The summed E-state index contributed by atoms with van der Waals surface area (Å²) in [7, 11) is 1.68. The Balaban J connectivity index is 1.80. The molecule has 1 atom stereocenters. The van der Waals surface area contributed by atoms with Crippen molar-refractivity contribution in [3.8, 4) is 0 Å². The van der Waals surface area contributed by atoms with E-state index in [1.807, 2.05) is 18.7 Å². The van der Waals surface area contributed by atoms with E-state index in [2.05, 4.69) is 20.3 Å². The van der Waals surface area contributed by atoms with Crippen LogP contribution in [0.25, 0.3) is 0 Å². The van der Waals surface area contributed by atoms with E-state index in [0.29, 0.717) is 44.0 Å². The third-order valence-electron chi connectivity index (χ3n) is 4.49. The highest BCUT2D eigenvalue weighted by Crippen LogP contribution is 2.23. The van der Waals surface area contributed by atoms with Crippen molar-refractivity contribution >= 4 is 11.7 Å². The summed E-state index contributed by atoms with van der Waals surface area (Å²) in [5.74, 6) is 2.01. The fraction of sp³-hybridized carbons (Fsp3) is 0.556. The van der Waals surface area contributed by atoms with Crippen LogP contribution in [0.15, 0.2) is 10.8 Å². The molecule has 1 amide bonds. The topological polar surface area (TPSA) is 93.4 Å². The molecule has 0 saturated heterocycles. The van der Waals surface area contributed by atoms with E-state index < -0.39 is 0 Å². The molecule has 0 fully saturated rings. The lowest BCUT2D eigenvalue weighted by Gasteiger charge is -2.19. The van der Waals surface area contributed by atoms with Crippen molar-refractivity contribution in [1.29, 1.82) is 0 Å². The number of carbonyl (C=O) groups is 1. The molecule has 8 nitrogen and oxygen atoms in total. The first-order valence-electron chi connectivity index (χ1n) is 8.80. The molecule has 1 N–H and O–H groups in total. The number of aryl methyl sites for hydroxylation is 2. The zero-order valence-corrected chi connectivity index (χ0v) is 15.7. The molecule has 3 rings (SSSR count). The van der Waals surface area contributed by atoms with Gasteiger partial charge in [-0.1, -0.05) is 0 Å². The van der Waals surface area contributed by atoms with Gasteiger partial charge in [0.1, 0.15) is 17.4 Å². The van der Waals surface area contributed by atoms with Crippen molar-refractivity contribution in [3.05, 3.63) is 34.9 Å². The van der Waals surface area contributed by atoms with Crippen LogP contribution in [0.4, 0.5) is 5.82 Å². The SMILES string of the molecule is COC[C@@H](C)Nc1nc(C)nc2c1CCN(C(=O)c1ncoc1C)CC2. The molecule has 0 aromatic carbocycles. The summed E-state index contributed by atoms with van der Waals surface area (Å²) in [6.07, 6.45) is 2.69. The fourth-order valence-corrected chi connectivity index (χ4v) is 3.23. The van der Waals surface area contributed by atoms with Gasteiger partial charge in [-0.15, -0.1) is 0 Å². The van der Waals surface area contributed by atoms with Gasteiger partial charge in [0.2, 0.25) is 0 Å². The van der Waals surface area contributed by atoms with Gasteiger partial charge >= 0.3 is 0 Å². The minimum Gasteiger partial charge on any atom is -0.448 e. The van der Waals surface area contributed by atoms with E-state index in [9.17, 15) is 4.79 Å². The number of amides is 1. The van der Waals surface area contributed by atoms with Crippen molar-refractivity contribution in [1.82, 2.24) is 19.9 Å². The smallest absolute Gasteiger partial charge is 0.276 e. The Hall–Kier alpha value is -2.48. The number of oxazole rings is 1. The molecule has 0 bridgehead atoms. The molecule has 140 valence electrons. The molecule has 1 aliphatic rings. The molecular weight excluding hydrogens is 334 g/mol. The van der Waals surface area contributed by atoms with Gasteiger partial charge in [0.25, 0.3) is 5.91 Å². The minimum absolute atomic E-state index is 0.101. The van der Waals surface area contributed by atoms with Crippen molar-refractivity contribution < 1.29 is 13.9 Å². The lowest BCUT2D eigenvalue weighted by atomic mass is 10.1. The van der Waals surface area contributed by atoms with E-state index in [0.717, 1.165) is 22.9 Å². The number of nitrogens with one attached hydrogen (secondary N) is 1. The Labute approximate surface area is 153 Å². The molecule has 0 saturated carbocycles. The van der Waals surface area contributed by atoms with Crippen molar-refractivity contribution in [2.45, 2.75) is 39.7 Å². The van der Waals surface area contributed by atoms with E-state index in [-0.39, 0.29) is 11.9 Å². The first-order chi connectivity index (χ1) is 12.5. The molecule has 0 aliphatic carbocycles. The third kappa shape index (κ3) is 3.85. The number of ether oxygens (including phenoxy) is 1. The molecule has 3 heterocycles. The molecule has 0 spiro atoms. The summed E-state index contributed by atoms with van der Waals surface area (Å²) in [5, 5.41) is 3.41. The Kier molecular flexibility index (Phi) is 5.51. The maximum Gasteiger partial charge on any atom is 0.276 e. The van der Waals surface area contributed by atoms with Crippen molar-refractivity contribution in [2.75, 3.05) is 32.1 Å². The van der Waals surface area contributed by atoms with Gasteiger partial charge in [0, 0.05) is 38.2 Å². The van der Waals surface area contributed by atoms with Crippen LogP contribution in [-0.4, -0.2) is 58.6 Å². The highest BCUT2D eigenvalue weighted by Gasteiger charge is 2.26. The normalized spacial score (nSPS) is 15.3. The van der Waals surface area contributed by atoms with Gasteiger partial charge in [0.15, 0.2) is 12.1 Å². The summed E-state index contributed by atoms with van der Waals surface area (Å²) >= 11 is 0. The van der Waals surface area contributed by atoms with Crippen molar-refractivity contribution in [2.24, 2.45) is 0 Å². The van der Waals surface area contributed by atoms with E-state index in [1.165, 1.54) is 6.39 Å². The average Bonchev–Trinajstić information content (AvgIpc) is 2.90. The number of methoxy groups -OCH3 is 1. The number of hydrogen-bond donors (Lipinski definition) is 1. The van der Waals surface area contributed by atoms with Gasteiger partial charge in [-0.25, -0.2) is 15.0 Å². The molecule has 2 aromatic rings. The number of nitrogens with zero attached hydrogens (tertiary/aromatic N) is 4. The monoisotopic (exact) mass is 359 g/mol. The van der Waals surface area contributed by atoms with Gasteiger partial charge in [0.05, 0.1) is 12.3 Å². The van der Waals surface area contributed by atoms with Crippen LogP contribution < -0.4 is 5.32 Å². The van der Waals surface area contributed by atoms with E-state index >= 15 is 0 Å². The van der Waals surface area contributed by atoms with Crippen LogP contribution in [0.2, 0.25) is 0 Å². The van der Waals surface area contributed by atoms with Crippen LogP contribution in [0.3, 0.4) is 0 Å². The van der Waals surface area contributed by atoms with Crippen LogP contribution in [0.5, 0.6) is 0 Å². The second-order valence-corrected chi connectivity index (χ2v) is 6.59. The molecule has 2 aromatic heterocycles. The lowest BCUT2D eigenvalue weighted by Crippen LogP contribution is -2.34. The summed E-state index contributed by atoms with van der Waals surface area (Å²) < 4.78 is 10.4. The summed E-state index contributed by atoms with van der Waals surface area (Å²) in [4.78, 5) is 27.8. The maximum absolute atomic E-state index is 12.7. The van der Waals surface area contributed by atoms with Crippen LogP contribution >= 0.6 is 0 Å². The minimum atomic E-state index is -0.101. The number of hydrogen-bond acceptors (Lipinski definition) is 7.